The third kappa shape index (κ3) is 7.22. The van der Waals surface area contributed by atoms with Gasteiger partial charge in [0.25, 0.3) is 5.91 Å². The Kier molecular flexibility index (Phi) is 10.2. The van der Waals surface area contributed by atoms with Crippen molar-refractivity contribution in [2.75, 3.05) is 20.3 Å². The van der Waals surface area contributed by atoms with Crippen molar-refractivity contribution in [3.05, 3.63) is 65.8 Å². The lowest BCUT2D eigenvalue weighted by molar-refractivity contribution is -0.121. The molecule has 1 amide bonds. The van der Waals surface area contributed by atoms with Gasteiger partial charge in [-0.1, -0.05) is 51.2 Å². The highest BCUT2D eigenvalue weighted by molar-refractivity contribution is 8.18. The number of aromatic nitrogens is 1. The van der Waals surface area contributed by atoms with Crippen molar-refractivity contribution in [3.63, 3.8) is 0 Å². The molecule has 0 saturated carbocycles. The zero-order valence-electron chi connectivity index (χ0n) is 20.0. The lowest BCUT2D eigenvalue weighted by atomic mass is 10.1. The van der Waals surface area contributed by atoms with E-state index in [1.165, 1.54) is 43.9 Å². The monoisotopic (exact) mass is 479 g/mol. The van der Waals surface area contributed by atoms with Gasteiger partial charge in [0.15, 0.2) is 16.7 Å². The molecule has 2 aromatic rings. The van der Waals surface area contributed by atoms with Gasteiger partial charge in [-0.25, -0.2) is 4.99 Å². The number of rotatable bonds is 13. The molecule has 1 aromatic heterocycles. The highest BCUT2D eigenvalue weighted by Crippen LogP contribution is 2.35. The van der Waals surface area contributed by atoms with Crippen molar-refractivity contribution < 1.29 is 14.3 Å². The summed E-state index contributed by atoms with van der Waals surface area (Å²) in [6.07, 6.45) is 14.2. The molecule has 1 fully saturated rings. The van der Waals surface area contributed by atoms with E-state index in [2.05, 4.69) is 23.5 Å². The van der Waals surface area contributed by atoms with E-state index in [1.54, 1.807) is 30.5 Å². The van der Waals surface area contributed by atoms with Gasteiger partial charge in [-0.15, -0.1) is 6.58 Å². The molecule has 1 aliphatic heterocycles. The predicted molar refractivity (Wildman–Crippen MR) is 141 cm³/mol. The van der Waals surface area contributed by atoms with Crippen molar-refractivity contribution in [1.82, 2.24) is 9.88 Å². The first-order chi connectivity index (χ1) is 16.7. The molecule has 1 saturated heterocycles. The largest absolute Gasteiger partial charge is 0.493 e. The molecule has 3 rings (SSSR count). The van der Waals surface area contributed by atoms with Gasteiger partial charge in [0.05, 0.1) is 30.5 Å². The van der Waals surface area contributed by atoms with Crippen LogP contribution in [0.1, 0.15) is 51.0 Å². The quantitative estimate of drug-likeness (QED) is 0.183. The number of hydrogen-bond donors (Lipinski definition) is 0. The Morgan fingerprint density at radius 1 is 1.15 bits per heavy atom. The van der Waals surface area contributed by atoms with Crippen LogP contribution in [0.15, 0.2) is 65.3 Å². The molecule has 0 radical (unpaired) electrons. The number of carbonyl (C=O) groups excluding carboxylic acids is 1. The number of amides is 1. The van der Waals surface area contributed by atoms with Gasteiger partial charge in [-0.05, 0) is 54.1 Å². The summed E-state index contributed by atoms with van der Waals surface area (Å²) < 4.78 is 11.5. The Balaban J connectivity index is 1.69. The van der Waals surface area contributed by atoms with Crippen LogP contribution >= 0.6 is 11.8 Å². The van der Waals surface area contributed by atoms with Gasteiger partial charge in [0.1, 0.15) is 0 Å². The molecule has 0 unspecified atom stereocenters. The maximum absolute atomic E-state index is 13.0. The normalized spacial score (nSPS) is 15.8. The summed E-state index contributed by atoms with van der Waals surface area (Å²) in [5.74, 6) is 1.27. The van der Waals surface area contributed by atoms with Crippen LogP contribution in [0.25, 0.3) is 6.08 Å². The van der Waals surface area contributed by atoms with Gasteiger partial charge in [-0.3, -0.25) is 14.7 Å². The Labute approximate surface area is 206 Å². The van der Waals surface area contributed by atoms with Gasteiger partial charge in [0.2, 0.25) is 0 Å². The van der Waals surface area contributed by atoms with Crippen LogP contribution in [0.2, 0.25) is 0 Å². The van der Waals surface area contributed by atoms with Crippen LogP contribution in [0.4, 0.5) is 5.69 Å². The fourth-order valence-electron chi connectivity index (χ4n) is 3.52. The number of unbranched alkanes of at least 4 members (excludes halogenated alkanes) is 5. The lowest BCUT2D eigenvalue weighted by Gasteiger charge is -2.12. The Morgan fingerprint density at radius 2 is 1.97 bits per heavy atom. The van der Waals surface area contributed by atoms with Gasteiger partial charge in [0, 0.05) is 12.7 Å². The molecular formula is C27H33N3O3S. The first kappa shape index (κ1) is 25.6. The molecule has 1 aromatic carbocycles. The van der Waals surface area contributed by atoms with E-state index in [0.29, 0.717) is 34.7 Å². The highest BCUT2D eigenvalue weighted by atomic mass is 32.2. The molecule has 0 atom stereocenters. The number of hydrogen-bond acceptors (Lipinski definition) is 6. The third-order valence-electron chi connectivity index (χ3n) is 5.31. The molecule has 6 nitrogen and oxygen atoms in total. The highest BCUT2D eigenvalue weighted by Gasteiger charge is 2.32. The Hall–Kier alpha value is -3.06. The molecule has 0 aliphatic carbocycles. The number of benzene rings is 1. The summed E-state index contributed by atoms with van der Waals surface area (Å²) in [6.45, 7) is 7.05. The average Bonchev–Trinajstić information content (AvgIpc) is 3.13. The van der Waals surface area contributed by atoms with E-state index in [9.17, 15) is 4.79 Å². The van der Waals surface area contributed by atoms with Gasteiger partial charge >= 0.3 is 0 Å². The van der Waals surface area contributed by atoms with Crippen LogP contribution in [-0.4, -0.2) is 41.2 Å². The summed E-state index contributed by atoms with van der Waals surface area (Å²) in [7, 11) is 1.63. The topological polar surface area (TPSA) is 64.0 Å². The number of methoxy groups -OCH3 is 1. The SMILES string of the molecule is C=CCN1C(=O)/C(=C/c2ccc(OCCCCCCCC)c(OC)c2)SC1=Nc1cccnc1. The number of amidine groups is 1. The van der Waals surface area contributed by atoms with E-state index in [1.807, 2.05) is 36.4 Å². The van der Waals surface area contributed by atoms with E-state index in [0.717, 1.165) is 17.7 Å². The molecule has 34 heavy (non-hydrogen) atoms. The maximum atomic E-state index is 13.0. The van der Waals surface area contributed by atoms with E-state index >= 15 is 0 Å². The van der Waals surface area contributed by atoms with Crippen LogP contribution in [0.5, 0.6) is 11.5 Å². The number of ether oxygens (including phenoxy) is 2. The third-order valence-corrected chi connectivity index (χ3v) is 6.32. The first-order valence-corrected chi connectivity index (χ1v) is 12.6. The second-order valence-corrected chi connectivity index (χ2v) is 8.96. The number of nitrogens with zero attached hydrogens (tertiary/aromatic N) is 3. The second kappa shape index (κ2) is 13.6. The Morgan fingerprint density at radius 3 is 2.71 bits per heavy atom. The zero-order chi connectivity index (χ0) is 24.2. The van der Waals surface area contributed by atoms with Crippen LogP contribution in [-0.2, 0) is 4.79 Å². The Bertz CT molecular complexity index is 1020. The summed E-state index contributed by atoms with van der Waals surface area (Å²) in [6, 6.07) is 9.41. The van der Waals surface area contributed by atoms with E-state index < -0.39 is 0 Å². The minimum atomic E-state index is -0.102. The standard InChI is InChI=1S/C27H33N3O3S/c1-4-6-7-8-9-10-17-33-23-14-13-21(18-24(23)32-3)19-25-26(31)30(16-5-2)27(34-25)29-22-12-11-15-28-20-22/h5,11-15,18-20H,2,4,6-10,16-17H2,1,3H3/b25-19-,29-27?. The molecular weight excluding hydrogens is 446 g/mol. The maximum Gasteiger partial charge on any atom is 0.267 e. The van der Waals surface area contributed by atoms with Crippen molar-refractivity contribution in [3.8, 4) is 11.5 Å². The molecule has 0 N–H and O–H groups in total. The van der Waals surface area contributed by atoms with Crippen LogP contribution in [0.3, 0.4) is 0 Å². The average molecular weight is 480 g/mol. The van der Waals surface area contributed by atoms with E-state index in [4.69, 9.17) is 9.47 Å². The smallest absolute Gasteiger partial charge is 0.267 e. The number of aliphatic imine (C=N–C) groups is 1. The first-order valence-electron chi connectivity index (χ1n) is 11.8. The van der Waals surface area contributed by atoms with Crippen molar-refractivity contribution >= 4 is 34.6 Å². The fourth-order valence-corrected chi connectivity index (χ4v) is 4.53. The lowest BCUT2D eigenvalue weighted by Crippen LogP contribution is -2.29. The summed E-state index contributed by atoms with van der Waals surface area (Å²) in [4.78, 5) is 23.9. The minimum Gasteiger partial charge on any atom is -0.493 e. The second-order valence-electron chi connectivity index (χ2n) is 7.95. The summed E-state index contributed by atoms with van der Waals surface area (Å²) in [5, 5.41) is 0.606. The van der Waals surface area contributed by atoms with Crippen molar-refractivity contribution in [2.45, 2.75) is 45.4 Å². The van der Waals surface area contributed by atoms with Gasteiger partial charge < -0.3 is 9.47 Å². The van der Waals surface area contributed by atoms with Crippen LogP contribution in [0, 0.1) is 0 Å². The van der Waals surface area contributed by atoms with Crippen molar-refractivity contribution in [1.29, 1.82) is 0 Å². The molecule has 2 heterocycles. The summed E-state index contributed by atoms with van der Waals surface area (Å²) in [5.41, 5.74) is 1.56. The van der Waals surface area contributed by atoms with E-state index in [-0.39, 0.29) is 5.91 Å². The molecule has 7 heteroatoms. The van der Waals surface area contributed by atoms with Crippen LogP contribution < -0.4 is 9.47 Å². The van der Waals surface area contributed by atoms with Crippen molar-refractivity contribution in [2.24, 2.45) is 4.99 Å². The molecule has 1 aliphatic rings. The fraction of sp³-hybridized carbons (Fsp3) is 0.370. The minimum absolute atomic E-state index is 0.102. The number of carbonyl (C=O) groups is 1. The predicted octanol–water partition coefficient (Wildman–Crippen LogP) is 6.62. The zero-order valence-corrected chi connectivity index (χ0v) is 20.9. The molecule has 0 bridgehead atoms. The number of pyridine rings is 1. The number of thioether (sulfide) groups is 1. The summed E-state index contributed by atoms with van der Waals surface area (Å²) >= 11 is 1.34. The van der Waals surface area contributed by atoms with Gasteiger partial charge in [-0.2, -0.15) is 0 Å². The molecule has 0 spiro atoms. The molecule has 180 valence electrons.